The predicted molar refractivity (Wildman–Crippen MR) is 155 cm³/mol. The van der Waals surface area contributed by atoms with E-state index >= 15 is 0 Å². The standard InChI is InChI=1S/C27H33BP.2C2H6/c1-26(2,21-28)20-27(3,4)22-29(23-14-8-5-9-15-23,24-16-10-6-11-17-24)25-18-12-7-13-19-25;2*1-2/h5-19H,20-22H2,1-4H3;2*1-2H3/q+1;;. The summed E-state index contributed by atoms with van der Waals surface area (Å²) >= 11 is 0. The van der Waals surface area contributed by atoms with Crippen LogP contribution < -0.4 is 15.9 Å². The van der Waals surface area contributed by atoms with E-state index in [1.807, 2.05) is 27.7 Å². The molecule has 0 heterocycles. The zero-order valence-electron chi connectivity index (χ0n) is 22.3. The van der Waals surface area contributed by atoms with E-state index in [9.17, 15) is 0 Å². The van der Waals surface area contributed by atoms with E-state index in [2.05, 4.69) is 119 Å². The van der Waals surface area contributed by atoms with E-state index in [-0.39, 0.29) is 10.8 Å². The van der Waals surface area contributed by atoms with E-state index in [0.717, 1.165) is 12.6 Å². The first-order valence-electron chi connectivity index (χ1n) is 12.5. The summed E-state index contributed by atoms with van der Waals surface area (Å²) in [5.41, 5.74) is 0.279. The minimum absolute atomic E-state index is 0.128. The molecule has 0 saturated carbocycles. The van der Waals surface area contributed by atoms with Crippen LogP contribution in [0.15, 0.2) is 91.0 Å². The van der Waals surface area contributed by atoms with Crippen LogP contribution in [0, 0.1) is 10.8 Å². The summed E-state index contributed by atoms with van der Waals surface area (Å²) in [5, 5.41) is 4.36. The van der Waals surface area contributed by atoms with Crippen LogP contribution in [0.2, 0.25) is 6.32 Å². The summed E-state index contributed by atoms with van der Waals surface area (Å²) < 4.78 is 0. The summed E-state index contributed by atoms with van der Waals surface area (Å²) in [4.78, 5) is 0. The molecule has 0 aliphatic heterocycles. The molecule has 0 aliphatic rings. The summed E-state index contributed by atoms with van der Waals surface area (Å²) in [5.74, 6) is 0. The van der Waals surface area contributed by atoms with Crippen molar-refractivity contribution in [2.24, 2.45) is 10.8 Å². The SMILES string of the molecule is CC.CC.[B]CC(C)(C)CC(C)(C)C[P+](c1ccccc1)(c1ccccc1)c1ccccc1. The monoisotopic (exact) mass is 459 g/mol. The van der Waals surface area contributed by atoms with Gasteiger partial charge in [-0.3, -0.25) is 0 Å². The minimum atomic E-state index is -1.81. The Labute approximate surface area is 207 Å². The van der Waals surface area contributed by atoms with Crippen LogP contribution in [0.4, 0.5) is 0 Å². The van der Waals surface area contributed by atoms with Crippen molar-refractivity contribution in [1.29, 1.82) is 0 Å². The molecule has 3 rings (SSSR count). The van der Waals surface area contributed by atoms with E-state index in [1.54, 1.807) is 0 Å². The van der Waals surface area contributed by atoms with Gasteiger partial charge in [0.15, 0.2) is 0 Å². The predicted octanol–water partition coefficient (Wildman–Crippen LogP) is 8.06. The molecule has 176 valence electrons. The molecule has 0 saturated heterocycles. The zero-order chi connectivity index (χ0) is 25.0. The van der Waals surface area contributed by atoms with Crippen LogP contribution in [0.1, 0.15) is 61.8 Å². The Balaban J connectivity index is 0.00000129. The van der Waals surface area contributed by atoms with Crippen molar-refractivity contribution in [3.8, 4) is 0 Å². The largest absolute Gasteiger partial charge is 0.112 e. The Kier molecular flexibility index (Phi) is 12.2. The van der Waals surface area contributed by atoms with Crippen molar-refractivity contribution < 1.29 is 0 Å². The molecule has 0 N–H and O–H groups in total. The maximum atomic E-state index is 6.12. The lowest BCUT2D eigenvalue weighted by molar-refractivity contribution is 0.238. The van der Waals surface area contributed by atoms with E-state index in [0.29, 0.717) is 6.32 Å². The highest BCUT2D eigenvalue weighted by molar-refractivity contribution is 7.95. The number of hydrogen-bond acceptors (Lipinski definition) is 0. The van der Waals surface area contributed by atoms with Crippen LogP contribution >= 0.6 is 7.26 Å². The van der Waals surface area contributed by atoms with Gasteiger partial charge in [-0.25, -0.2) is 0 Å². The molecule has 0 unspecified atom stereocenters. The Bertz CT molecular complexity index is 789. The normalized spacial score (nSPS) is 11.5. The zero-order valence-corrected chi connectivity index (χ0v) is 23.2. The summed E-state index contributed by atoms with van der Waals surface area (Å²) in [6.45, 7) is 17.4. The molecule has 2 radical (unpaired) electrons. The van der Waals surface area contributed by atoms with Crippen molar-refractivity contribution in [3.63, 3.8) is 0 Å². The molecule has 0 aliphatic carbocycles. The van der Waals surface area contributed by atoms with Crippen molar-refractivity contribution >= 4 is 31.0 Å². The van der Waals surface area contributed by atoms with Crippen molar-refractivity contribution in [3.05, 3.63) is 91.0 Å². The van der Waals surface area contributed by atoms with Crippen LogP contribution in [0.5, 0.6) is 0 Å². The fraction of sp³-hybridized carbons (Fsp3) is 0.419. The highest BCUT2D eigenvalue weighted by Crippen LogP contribution is 2.60. The van der Waals surface area contributed by atoms with Gasteiger partial charge < -0.3 is 0 Å². The number of hydrogen-bond donors (Lipinski definition) is 0. The van der Waals surface area contributed by atoms with Gasteiger partial charge in [0.2, 0.25) is 0 Å². The lowest BCUT2D eigenvalue weighted by Crippen LogP contribution is -2.39. The second-order valence-electron chi connectivity index (χ2n) is 9.68. The Morgan fingerprint density at radius 2 is 0.848 bits per heavy atom. The molecule has 2 heteroatoms. The van der Waals surface area contributed by atoms with Crippen LogP contribution in [0.3, 0.4) is 0 Å². The third-order valence-electron chi connectivity index (χ3n) is 5.77. The van der Waals surface area contributed by atoms with E-state index in [4.69, 9.17) is 7.85 Å². The van der Waals surface area contributed by atoms with E-state index in [1.165, 1.54) is 15.9 Å². The van der Waals surface area contributed by atoms with Gasteiger partial charge in [0.25, 0.3) is 0 Å². The molecule has 3 aromatic rings. The maximum absolute atomic E-state index is 6.12. The lowest BCUT2D eigenvalue weighted by Gasteiger charge is -2.39. The summed E-state index contributed by atoms with van der Waals surface area (Å²) in [6.07, 6.45) is 2.94. The van der Waals surface area contributed by atoms with Crippen LogP contribution in [-0.2, 0) is 0 Å². The fourth-order valence-electron chi connectivity index (χ4n) is 4.83. The average Bonchev–Trinajstić information content (AvgIpc) is 2.86. The summed E-state index contributed by atoms with van der Waals surface area (Å²) in [7, 11) is 4.31. The van der Waals surface area contributed by atoms with Crippen molar-refractivity contribution in [2.75, 3.05) is 6.16 Å². The van der Waals surface area contributed by atoms with Gasteiger partial charge in [-0.1, -0.05) is 116 Å². The van der Waals surface area contributed by atoms with Crippen molar-refractivity contribution in [1.82, 2.24) is 0 Å². The molecule has 0 amide bonds. The van der Waals surface area contributed by atoms with Crippen LogP contribution in [0.25, 0.3) is 0 Å². The summed E-state index contributed by atoms with van der Waals surface area (Å²) in [6, 6.07) is 33.5. The molecule has 0 bridgehead atoms. The number of benzene rings is 3. The van der Waals surface area contributed by atoms with Gasteiger partial charge in [-0.15, -0.1) is 0 Å². The first-order chi connectivity index (χ1) is 15.8. The third-order valence-corrected chi connectivity index (χ3v) is 10.6. The molecule has 0 spiro atoms. The van der Waals surface area contributed by atoms with Crippen molar-refractivity contribution in [2.45, 2.75) is 68.1 Å². The van der Waals surface area contributed by atoms with Crippen LogP contribution in [-0.4, -0.2) is 14.0 Å². The highest BCUT2D eigenvalue weighted by Gasteiger charge is 2.49. The molecule has 33 heavy (non-hydrogen) atoms. The highest BCUT2D eigenvalue weighted by atomic mass is 31.2. The molecule has 0 nitrogen and oxygen atoms in total. The second kappa shape index (κ2) is 13.8. The quantitative estimate of drug-likeness (QED) is 0.236. The molecule has 3 aromatic carbocycles. The third kappa shape index (κ3) is 7.86. The average molecular weight is 459 g/mol. The maximum Gasteiger partial charge on any atom is 0.112 e. The van der Waals surface area contributed by atoms with Gasteiger partial charge in [0.05, 0.1) is 14.0 Å². The Morgan fingerprint density at radius 3 is 1.12 bits per heavy atom. The topological polar surface area (TPSA) is 0 Å². The molecular weight excluding hydrogens is 414 g/mol. The smallest absolute Gasteiger partial charge is 0.0836 e. The van der Waals surface area contributed by atoms with Gasteiger partial charge in [0, 0.05) is 5.41 Å². The Morgan fingerprint density at radius 1 is 0.545 bits per heavy atom. The Hall–Kier alpha value is -1.85. The van der Waals surface area contributed by atoms with Gasteiger partial charge in [-0.2, -0.15) is 0 Å². The van der Waals surface area contributed by atoms with E-state index < -0.39 is 7.26 Å². The molecule has 0 atom stereocenters. The molecule has 0 fully saturated rings. The fourth-order valence-corrected chi connectivity index (χ4v) is 9.72. The first-order valence-corrected chi connectivity index (χ1v) is 14.5. The molecule has 0 aromatic heterocycles. The number of rotatable bonds is 8. The first kappa shape index (κ1) is 29.2. The molecular formula is C31H45BP+. The second-order valence-corrected chi connectivity index (χ2v) is 13.2. The van der Waals surface area contributed by atoms with Gasteiger partial charge >= 0.3 is 0 Å². The van der Waals surface area contributed by atoms with Gasteiger partial charge in [0.1, 0.15) is 23.2 Å². The minimum Gasteiger partial charge on any atom is -0.0836 e. The van der Waals surface area contributed by atoms with Gasteiger partial charge in [-0.05, 0) is 48.2 Å². The lowest BCUT2D eigenvalue weighted by atomic mass is 9.70.